The molecule has 1 heterocycles. The number of benzene rings is 1. The lowest BCUT2D eigenvalue weighted by Crippen LogP contribution is -2.35. The van der Waals surface area contributed by atoms with Gasteiger partial charge in [-0.25, -0.2) is 4.98 Å². The maximum atomic E-state index is 9.83. The normalized spacial score (nSPS) is 11.8. The number of halogens is 1. The van der Waals surface area contributed by atoms with Crippen molar-refractivity contribution in [1.82, 2.24) is 4.98 Å². The fourth-order valence-electron chi connectivity index (χ4n) is 2.27. The Morgan fingerprint density at radius 1 is 1.30 bits per heavy atom. The highest BCUT2D eigenvalue weighted by molar-refractivity contribution is 9.10. The smallest absolute Gasteiger partial charge is 0.0797 e. The van der Waals surface area contributed by atoms with Crippen molar-refractivity contribution in [2.45, 2.75) is 25.2 Å². The molecule has 0 aliphatic rings. The lowest BCUT2D eigenvalue weighted by atomic mass is 9.78. The minimum Gasteiger partial charge on any atom is -0.395 e. The van der Waals surface area contributed by atoms with E-state index in [1.807, 2.05) is 36.7 Å². The molecule has 0 amide bonds. The van der Waals surface area contributed by atoms with Crippen molar-refractivity contribution in [2.24, 2.45) is 0 Å². The van der Waals surface area contributed by atoms with Gasteiger partial charge in [-0.1, -0.05) is 28.1 Å². The Kier molecular flexibility index (Phi) is 5.32. The fraction of sp³-hybridized carbons (Fsp3) is 0.400. The van der Waals surface area contributed by atoms with E-state index in [0.717, 1.165) is 22.2 Å². The van der Waals surface area contributed by atoms with Crippen molar-refractivity contribution in [2.75, 3.05) is 13.2 Å². The molecular formula is C15H18BrNO2S. The molecule has 0 fully saturated rings. The predicted molar refractivity (Wildman–Crippen MR) is 85.2 cm³/mol. The Labute approximate surface area is 131 Å². The first-order valence-electron chi connectivity index (χ1n) is 6.48. The Morgan fingerprint density at radius 3 is 2.60 bits per heavy atom. The molecule has 1 aromatic heterocycles. The van der Waals surface area contributed by atoms with E-state index >= 15 is 0 Å². The van der Waals surface area contributed by atoms with Crippen LogP contribution in [0.15, 0.2) is 34.2 Å². The summed E-state index contributed by atoms with van der Waals surface area (Å²) in [6.45, 7) is 1.85. The maximum Gasteiger partial charge on any atom is 0.0797 e. The lowest BCUT2D eigenvalue weighted by molar-refractivity contribution is 0.109. The molecular weight excluding hydrogens is 338 g/mol. The van der Waals surface area contributed by atoms with Crippen LogP contribution < -0.4 is 0 Å². The summed E-state index contributed by atoms with van der Waals surface area (Å²) in [6.07, 6.45) is 1.50. The van der Waals surface area contributed by atoms with Gasteiger partial charge in [0.05, 0.1) is 24.4 Å². The molecule has 108 valence electrons. The van der Waals surface area contributed by atoms with Crippen LogP contribution in [0.1, 0.15) is 22.6 Å². The van der Waals surface area contributed by atoms with Crippen molar-refractivity contribution in [1.29, 1.82) is 0 Å². The zero-order chi connectivity index (χ0) is 14.6. The molecule has 0 radical (unpaired) electrons. The van der Waals surface area contributed by atoms with Crippen molar-refractivity contribution in [3.05, 3.63) is 50.4 Å². The minimum absolute atomic E-state index is 0.0716. The van der Waals surface area contributed by atoms with E-state index in [9.17, 15) is 10.2 Å². The average molecular weight is 356 g/mol. The molecule has 3 nitrogen and oxygen atoms in total. The topological polar surface area (TPSA) is 53.4 Å². The highest BCUT2D eigenvalue weighted by Gasteiger charge is 2.31. The van der Waals surface area contributed by atoms with Crippen molar-refractivity contribution < 1.29 is 10.2 Å². The SMILES string of the molecule is Cc1ncsc1CCC(CO)(CO)c1cccc(Br)c1. The Hall–Kier alpha value is -0.750. The molecule has 0 saturated carbocycles. The van der Waals surface area contributed by atoms with E-state index in [2.05, 4.69) is 20.9 Å². The summed E-state index contributed by atoms with van der Waals surface area (Å²) in [6, 6.07) is 7.79. The fourth-order valence-corrected chi connectivity index (χ4v) is 3.45. The van der Waals surface area contributed by atoms with Crippen LogP contribution in [0.2, 0.25) is 0 Å². The van der Waals surface area contributed by atoms with Crippen LogP contribution >= 0.6 is 27.3 Å². The molecule has 0 aliphatic carbocycles. The molecule has 2 N–H and O–H groups in total. The zero-order valence-electron chi connectivity index (χ0n) is 11.3. The summed E-state index contributed by atoms with van der Waals surface area (Å²) in [7, 11) is 0. The van der Waals surface area contributed by atoms with Gasteiger partial charge in [-0.3, -0.25) is 0 Å². The number of aliphatic hydroxyl groups excluding tert-OH is 2. The first-order chi connectivity index (χ1) is 9.61. The number of thiazole rings is 1. The number of hydrogen-bond donors (Lipinski definition) is 2. The second-order valence-corrected chi connectivity index (χ2v) is 6.82. The second-order valence-electron chi connectivity index (χ2n) is 4.97. The summed E-state index contributed by atoms with van der Waals surface area (Å²) < 4.78 is 0.954. The van der Waals surface area contributed by atoms with Gasteiger partial charge in [0.1, 0.15) is 0 Å². The molecule has 0 atom stereocenters. The zero-order valence-corrected chi connectivity index (χ0v) is 13.7. The minimum atomic E-state index is -0.611. The van der Waals surface area contributed by atoms with Crippen LogP contribution in [-0.4, -0.2) is 28.4 Å². The largest absolute Gasteiger partial charge is 0.395 e. The molecule has 20 heavy (non-hydrogen) atoms. The summed E-state index contributed by atoms with van der Waals surface area (Å²) in [5, 5.41) is 19.7. The number of hydrogen-bond acceptors (Lipinski definition) is 4. The molecule has 0 saturated heterocycles. The van der Waals surface area contributed by atoms with Crippen LogP contribution in [0.5, 0.6) is 0 Å². The molecule has 5 heteroatoms. The third-order valence-electron chi connectivity index (χ3n) is 3.72. The van der Waals surface area contributed by atoms with Crippen molar-refractivity contribution in [3.63, 3.8) is 0 Å². The van der Waals surface area contributed by atoms with E-state index in [4.69, 9.17) is 0 Å². The molecule has 2 rings (SSSR count). The number of nitrogens with zero attached hydrogens (tertiary/aromatic N) is 1. The van der Waals surface area contributed by atoms with Crippen molar-refractivity contribution in [3.8, 4) is 0 Å². The molecule has 1 aromatic carbocycles. The monoisotopic (exact) mass is 355 g/mol. The summed E-state index contributed by atoms with van der Waals surface area (Å²) >= 11 is 5.07. The van der Waals surface area contributed by atoms with E-state index in [0.29, 0.717) is 6.42 Å². The molecule has 0 unspecified atom stereocenters. The molecule has 0 aliphatic heterocycles. The molecule has 0 spiro atoms. The van der Waals surface area contributed by atoms with Gasteiger partial charge in [0.25, 0.3) is 0 Å². The number of aliphatic hydroxyl groups is 2. The first-order valence-corrected chi connectivity index (χ1v) is 8.15. The van der Waals surface area contributed by atoms with E-state index in [1.165, 1.54) is 4.88 Å². The van der Waals surface area contributed by atoms with Crippen LogP contribution in [0.4, 0.5) is 0 Å². The average Bonchev–Trinajstić information content (AvgIpc) is 2.86. The Bertz CT molecular complexity index is 567. The van der Waals surface area contributed by atoms with Gasteiger partial charge >= 0.3 is 0 Å². The Balaban J connectivity index is 2.23. The van der Waals surface area contributed by atoms with Gasteiger partial charge in [-0.05, 0) is 37.5 Å². The third-order valence-corrected chi connectivity index (χ3v) is 5.21. The van der Waals surface area contributed by atoms with Gasteiger partial charge in [0.15, 0.2) is 0 Å². The second kappa shape index (κ2) is 6.80. The van der Waals surface area contributed by atoms with Gasteiger partial charge < -0.3 is 10.2 Å². The maximum absolute atomic E-state index is 9.83. The highest BCUT2D eigenvalue weighted by atomic mass is 79.9. The van der Waals surface area contributed by atoms with Crippen LogP contribution in [-0.2, 0) is 11.8 Å². The van der Waals surface area contributed by atoms with Crippen molar-refractivity contribution >= 4 is 27.3 Å². The predicted octanol–water partition coefficient (Wildman–Crippen LogP) is 3.07. The number of aromatic nitrogens is 1. The number of rotatable bonds is 6. The van der Waals surface area contributed by atoms with Crippen LogP contribution in [0, 0.1) is 6.92 Å². The van der Waals surface area contributed by atoms with E-state index in [-0.39, 0.29) is 13.2 Å². The van der Waals surface area contributed by atoms with Gasteiger partial charge in [0, 0.05) is 14.8 Å². The number of aryl methyl sites for hydroxylation is 2. The highest BCUT2D eigenvalue weighted by Crippen LogP contribution is 2.31. The first kappa shape index (κ1) is 15.6. The summed E-state index contributed by atoms with van der Waals surface area (Å²) in [5.41, 5.74) is 3.22. The van der Waals surface area contributed by atoms with E-state index in [1.54, 1.807) is 11.3 Å². The molecule has 2 aromatic rings. The van der Waals surface area contributed by atoms with Crippen LogP contribution in [0.3, 0.4) is 0 Å². The van der Waals surface area contributed by atoms with E-state index < -0.39 is 5.41 Å². The standard InChI is InChI=1S/C15H18BrNO2S/c1-11-14(20-10-17-11)5-6-15(8-18,9-19)12-3-2-4-13(16)7-12/h2-4,7,10,18-19H,5-6,8-9H2,1H3. The summed E-state index contributed by atoms with van der Waals surface area (Å²) in [4.78, 5) is 5.46. The Morgan fingerprint density at radius 2 is 2.05 bits per heavy atom. The van der Waals surface area contributed by atoms with Gasteiger partial charge in [-0.15, -0.1) is 11.3 Å². The molecule has 0 bridgehead atoms. The van der Waals surface area contributed by atoms with Gasteiger partial charge in [0.2, 0.25) is 0 Å². The lowest BCUT2D eigenvalue weighted by Gasteiger charge is -2.30. The third kappa shape index (κ3) is 3.28. The quantitative estimate of drug-likeness (QED) is 0.837. The summed E-state index contributed by atoms with van der Waals surface area (Å²) in [5.74, 6) is 0. The van der Waals surface area contributed by atoms with Crippen LogP contribution in [0.25, 0.3) is 0 Å². The van der Waals surface area contributed by atoms with Gasteiger partial charge in [-0.2, -0.15) is 0 Å².